The van der Waals surface area contributed by atoms with Gasteiger partial charge in [-0.2, -0.15) is 5.10 Å². The molecule has 1 fully saturated rings. The van der Waals surface area contributed by atoms with Crippen LogP contribution in [0.4, 0.5) is 4.79 Å². The van der Waals surface area contributed by atoms with Crippen LogP contribution in [-0.2, 0) is 6.42 Å². The van der Waals surface area contributed by atoms with Gasteiger partial charge in [0.1, 0.15) is 11.9 Å². The van der Waals surface area contributed by atoms with Crippen molar-refractivity contribution in [3.8, 4) is 5.75 Å². The van der Waals surface area contributed by atoms with Crippen LogP contribution < -0.4 is 10.1 Å². The average molecular weight is 343 g/mol. The van der Waals surface area contributed by atoms with Gasteiger partial charge in [-0.25, -0.2) is 4.79 Å². The largest absolute Gasteiger partial charge is 0.487 e. The number of carbonyl (C=O) groups is 1. The van der Waals surface area contributed by atoms with Gasteiger partial charge in [0, 0.05) is 44.4 Å². The summed E-state index contributed by atoms with van der Waals surface area (Å²) in [5.74, 6) is 0.746. The van der Waals surface area contributed by atoms with E-state index in [-0.39, 0.29) is 12.1 Å². The fraction of sp³-hybridized carbons (Fsp3) is 0.500. The number of nitrogens with one attached hydrogen (secondary N) is 1. The van der Waals surface area contributed by atoms with Crippen molar-refractivity contribution in [3.05, 3.63) is 42.5 Å². The minimum absolute atomic E-state index is 0.0247. The summed E-state index contributed by atoms with van der Waals surface area (Å²) in [4.78, 5) is 18.1. The lowest BCUT2D eigenvalue weighted by Gasteiger charge is -2.17. The first-order valence-corrected chi connectivity index (χ1v) is 8.75. The SMILES string of the molecule is CC(C)n1ccc(CCNC(=O)N2CCC(Oc3cccnc3)C2)n1. The number of rotatable bonds is 6. The number of aromatic nitrogens is 3. The van der Waals surface area contributed by atoms with E-state index in [1.165, 1.54) is 0 Å². The summed E-state index contributed by atoms with van der Waals surface area (Å²) < 4.78 is 7.79. The Morgan fingerprint density at radius 2 is 2.32 bits per heavy atom. The van der Waals surface area contributed by atoms with Crippen LogP contribution in [0.25, 0.3) is 0 Å². The smallest absolute Gasteiger partial charge is 0.317 e. The highest BCUT2D eigenvalue weighted by Crippen LogP contribution is 2.17. The Balaban J connectivity index is 1.40. The number of carbonyl (C=O) groups excluding carboxylic acids is 1. The molecule has 0 bridgehead atoms. The third-order valence-electron chi connectivity index (χ3n) is 4.22. The quantitative estimate of drug-likeness (QED) is 0.873. The Hall–Kier alpha value is -2.57. The van der Waals surface area contributed by atoms with Crippen molar-refractivity contribution in [1.82, 2.24) is 25.0 Å². The van der Waals surface area contributed by atoms with Crippen molar-refractivity contribution in [2.24, 2.45) is 0 Å². The molecule has 2 amide bonds. The molecule has 0 aliphatic carbocycles. The van der Waals surface area contributed by atoms with Crippen LogP contribution in [0.5, 0.6) is 5.75 Å². The predicted octanol–water partition coefficient (Wildman–Crippen LogP) is 2.26. The van der Waals surface area contributed by atoms with Gasteiger partial charge in [-0.3, -0.25) is 9.67 Å². The molecule has 0 radical (unpaired) electrons. The summed E-state index contributed by atoms with van der Waals surface area (Å²) in [5, 5.41) is 7.45. The highest BCUT2D eigenvalue weighted by Gasteiger charge is 2.27. The number of hydrogen-bond donors (Lipinski definition) is 1. The van der Waals surface area contributed by atoms with Crippen LogP contribution in [0.15, 0.2) is 36.8 Å². The maximum absolute atomic E-state index is 12.3. The Bertz CT molecular complexity index is 686. The first-order valence-electron chi connectivity index (χ1n) is 8.75. The topological polar surface area (TPSA) is 72.3 Å². The van der Waals surface area contributed by atoms with Crippen LogP contribution in [0, 0.1) is 0 Å². The van der Waals surface area contributed by atoms with Crippen molar-refractivity contribution in [2.45, 2.75) is 38.8 Å². The zero-order chi connectivity index (χ0) is 17.6. The highest BCUT2D eigenvalue weighted by atomic mass is 16.5. The molecule has 1 aliphatic heterocycles. The molecule has 7 nitrogen and oxygen atoms in total. The maximum Gasteiger partial charge on any atom is 0.317 e. The van der Waals surface area contributed by atoms with E-state index >= 15 is 0 Å². The highest BCUT2D eigenvalue weighted by molar-refractivity contribution is 5.74. The van der Waals surface area contributed by atoms with Crippen LogP contribution >= 0.6 is 0 Å². The van der Waals surface area contributed by atoms with E-state index in [1.54, 1.807) is 17.3 Å². The molecule has 2 aromatic rings. The lowest BCUT2D eigenvalue weighted by atomic mass is 10.3. The van der Waals surface area contributed by atoms with Gasteiger partial charge in [0.25, 0.3) is 0 Å². The van der Waals surface area contributed by atoms with Crippen LogP contribution in [-0.4, -0.2) is 51.4 Å². The van der Waals surface area contributed by atoms with Crippen molar-refractivity contribution < 1.29 is 9.53 Å². The van der Waals surface area contributed by atoms with Crippen molar-refractivity contribution >= 4 is 6.03 Å². The summed E-state index contributed by atoms with van der Waals surface area (Å²) in [6.45, 7) is 6.08. The molecule has 1 atom stereocenters. The summed E-state index contributed by atoms with van der Waals surface area (Å²) in [5.41, 5.74) is 0.994. The summed E-state index contributed by atoms with van der Waals surface area (Å²) in [6.07, 6.45) is 6.97. The van der Waals surface area contributed by atoms with Gasteiger partial charge in [-0.05, 0) is 32.0 Å². The monoisotopic (exact) mass is 343 g/mol. The zero-order valence-electron chi connectivity index (χ0n) is 14.8. The third-order valence-corrected chi connectivity index (χ3v) is 4.22. The van der Waals surface area contributed by atoms with E-state index < -0.39 is 0 Å². The molecule has 134 valence electrons. The first kappa shape index (κ1) is 17.3. The molecule has 1 unspecified atom stereocenters. The summed E-state index contributed by atoms with van der Waals surface area (Å²) in [7, 11) is 0. The molecule has 25 heavy (non-hydrogen) atoms. The molecule has 1 N–H and O–H groups in total. The van der Waals surface area contributed by atoms with Gasteiger partial charge >= 0.3 is 6.03 Å². The van der Waals surface area contributed by atoms with Gasteiger partial charge < -0.3 is 15.0 Å². The number of amides is 2. The molecule has 0 saturated carbocycles. The van der Waals surface area contributed by atoms with E-state index in [9.17, 15) is 4.79 Å². The number of nitrogens with zero attached hydrogens (tertiary/aromatic N) is 4. The van der Waals surface area contributed by atoms with Crippen molar-refractivity contribution in [3.63, 3.8) is 0 Å². The molecule has 3 rings (SSSR count). The molecule has 0 spiro atoms. The van der Waals surface area contributed by atoms with Crippen molar-refractivity contribution in [1.29, 1.82) is 0 Å². The van der Waals surface area contributed by atoms with E-state index in [0.717, 1.165) is 24.3 Å². The predicted molar refractivity (Wildman–Crippen MR) is 94.6 cm³/mol. The van der Waals surface area contributed by atoms with Gasteiger partial charge in [0.15, 0.2) is 0 Å². The molecule has 2 aromatic heterocycles. The molecular formula is C18H25N5O2. The minimum atomic E-state index is -0.0411. The van der Waals surface area contributed by atoms with E-state index in [2.05, 4.69) is 29.2 Å². The summed E-state index contributed by atoms with van der Waals surface area (Å²) >= 11 is 0. The van der Waals surface area contributed by atoms with Crippen LogP contribution in [0.2, 0.25) is 0 Å². The normalized spacial score (nSPS) is 17.1. The third kappa shape index (κ3) is 4.71. The van der Waals surface area contributed by atoms with E-state index in [0.29, 0.717) is 25.7 Å². The molecule has 1 aliphatic rings. The number of urea groups is 1. The lowest BCUT2D eigenvalue weighted by molar-refractivity contribution is 0.186. The van der Waals surface area contributed by atoms with Gasteiger partial charge in [-0.1, -0.05) is 0 Å². The van der Waals surface area contributed by atoms with Gasteiger partial charge in [-0.15, -0.1) is 0 Å². The fourth-order valence-corrected chi connectivity index (χ4v) is 2.83. The fourth-order valence-electron chi connectivity index (χ4n) is 2.83. The van der Waals surface area contributed by atoms with Gasteiger partial charge in [0.05, 0.1) is 18.4 Å². The minimum Gasteiger partial charge on any atom is -0.487 e. The van der Waals surface area contributed by atoms with Gasteiger partial charge in [0.2, 0.25) is 0 Å². The number of pyridine rings is 1. The maximum atomic E-state index is 12.3. The van der Waals surface area contributed by atoms with Crippen LogP contribution in [0.3, 0.4) is 0 Å². The van der Waals surface area contributed by atoms with E-state index in [4.69, 9.17) is 4.74 Å². The zero-order valence-corrected chi connectivity index (χ0v) is 14.8. The standard InChI is InChI=1S/C18H25N5O2/c1-14(2)23-11-6-15(21-23)5-9-20-18(24)22-10-7-17(13-22)25-16-4-3-8-19-12-16/h3-4,6,8,11-12,14,17H,5,7,9-10,13H2,1-2H3,(H,20,24). The molecule has 1 saturated heterocycles. The first-order chi connectivity index (χ1) is 12.1. The number of likely N-dealkylation sites (tertiary alicyclic amines) is 1. The molecule has 7 heteroatoms. The molecular weight excluding hydrogens is 318 g/mol. The second kappa shape index (κ2) is 8.00. The second-order valence-corrected chi connectivity index (χ2v) is 6.53. The Morgan fingerprint density at radius 3 is 3.04 bits per heavy atom. The van der Waals surface area contributed by atoms with Crippen molar-refractivity contribution in [2.75, 3.05) is 19.6 Å². The number of ether oxygens (including phenoxy) is 1. The molecule has 0 aromatic carbocycles. The Labute approximate surface area is 148 Å². The second-order valence-electron chi connectivity index (χ2n) is 6.53. The molecule has 3 heterocycles. The lowest BCUT2D eigenvalue weighted by Crippen LogP contribution is -2.40. The van der Waals surface area contributed by atoms with E-state index in [1.807, 2.05) is 29.1 Å². The summed E-state index contributed by atoms with van der Waals surface area (Å²) in [6, 6.07) is 6.03. The number of hydrogen-bond acceptors (Lipinski definition) is 4. The van der Waals surface area contributed by atoms with Crippen LogP contribution in [0.1, 0.15) is 32.0 Å². The Morgan fingerprint density at radius 1 is 1.44 bits per heavy atom. The Kier molecular flexibility index (Phi) is 5.53. The average Bonchev–Trinajstić information content (AvgIpc) is 3.25.